The fraction of sp³-hybridized carbons (Fsp3) is 0.476. The molecule has 1 saturated carbocycles. The predicted molar refractivity (Wildman–Crippen MR) is 121 cm³/mol. The number of aromatic amines is 1. The molecule has 1 spiro atoms. The highest BCUT2D eigenvalue weighted by Gasteiger charge is 2.59. The van der Waals surface area contributed by atoms with E-state index in [9.17, 15) is 26.4 Å². The quantitative estimate of drug-likeness (QED) is 0.414. The Bertz CT molecular complexity index is 1540. The van der Waals surface area contributed by atoms with Gasteiger partial charge in [0.1, 0.15) is 11.7 Å². The lowest BCUT2D eigenvalue weighted by atomic mass is 9.92. The monoisotopic (exact) mass is 595 g/mol. The SMILES string of the molecule is COc1ccc(Cl)cc1-c1noc(C2CC23CCN(S(=O)(=O)c2c(=O)o[nH][n+]2C)CC3)n1.O=C([O-])C(F)(F)F. The first kappa shape index (κ1) is 28.6. The second-order valence-corrected chi connectivity index (χ2v) is 11.2. The largest absolute Gasteiger partial charge is 0.542 e. The number of methoxy groups -OCH3 is 1. The summed E-state index contributed by atoms with van der Waals surface area (Å²) in [5.41, 5.74) is -0.352. The van der Waals surface area contributed by atoms with Crippen molar-refractivity contribution in [1.29, 1.82) is 0 Å². The summed E-state index contributed by atoms with van der Waals surface area (Å²) in [4.78, 5) is 25.2. The number of rotatable bonds is 5. The molecule has 0 radical (unpaired) electrons. The highest BCUT2D eigenvalue weighted by Crippen LogP contribution is 2.64. The fourth-order valence-electron chi connectivity index (χ4n) is 4.49. The van der Waals surface area contributed by atoms with Gasteiger partial charge in [0.2, 0.25) is 11.7 Å². The van der Waals surface area contributed by atoms with Gasteiger partial charge in [0, 0.05) is 24.0 Å². The second kappa shape index (κ2) is 10.3. The number of H-pyrrole nitrogens is 1. The van der Waals surface area contributed by atoms with Crippen LogP contribution in [0.2, 0.25) is 5.02 Å². The van der Waals surface area contributed by atoms with E-state index in [2.05, 4.69) is 19.9 Å². The standard InChI is InChI=1S/C19H20ClN5O6S.C2HF3O2/c1-24-17(18(26)31-23-24)32(27,28)25-7-5-19(6-8-25)10-13(19)16-21-15(22-30-16)12-9-11(20)3-4-14(12)29-2;3-2(4,5)1(6)7/h3-4,9,13H,5-8,10H2,1-2H3;(H,6,7). The Morgan fingerprint density at radius 3 is 2.51 bits per heavy atom. The number of nitrogens with one attached hydrogen (secondary N) is 1. The lowest BCUT2D eigenvalue weighted by molar-refractivity contribution is -0.773. The number of hydrogen-bond donors (Lipinski definition) is 1. The van der Waals surface area contributed by atoms with E-state index in [0.29, 0.717) is 54.0 Å². The lowest BCUT2D eigenvalue weighted by Gasteiger charge is -2.30. The Balaban J connectivity index is 0.000000448. The van der Waals surface area contributed by atoms with Crippen molar-refractivity contribution in [2.45, 2.75) is 36.4 Å². The number of piperidine rings is 1. The van der Waals surface area contributed by atoms with Crippen molar-refractivity contribution in [2.24, 2.45) is 12.5 Å². The van der Waals surface area contributed by atoms with Crippen molar-refractivity contribution in [3.05, 3.63) is 39.5 Å². The molecule has 1 aromatic carbocycles. The molecule has 1 aliphatic carbocycles. The maximum Gasteiger partial charge on any atom is 0.448 e. The molecule has 3 aromatic rings. The van der Waals surface area contributed by atoms with Crippen molar-refractivity contribution >= 4 is 27.6 Å². The summed E-state index contributed by atoms with van der Waals surface area (Å²) in [6, 6.07) is 5.19. The molecule has 1 aliphatic heterocycles. The molecule has 1 atom stereocenters. The second-order valence-electron chi connectivity index (χ2n) is 8.95. The van der Waals surface area contributed by atoms with E-state index in [1.54, 1.807) is 25.3 Å². The van der Waals surface area contributed by atoms with E-state index in [-0.39, 0.29) is 11.3 Å². The molecular formula is C21H21ClF3N5O8S. The van der Waals surface area contributed by atoms with Gasteiger partial charge in [-0.05, 0) is 48.1 Å². The topological polar surface area (TPSA) is 176 Å². The molecule has 2 aromatic heterocycles. The van der Waals surface area contributed by atoms with Gasteiger partial charge in [-0.2, -0.15) is 22.5 Å². The van der Waals surface area contributed by atoms with E-state index in [0.717, 1.165) is 11.1 Å². The molecule has 3 heterocycles. The molecule has 212 valence electrons. The van der Waals surface area contributed by atoms with Crippen LogP contribution in [-0.2, 0) is 21.9 Å². The van der Waals surface area contributed by atoms with Crippen LogP contribution in [0.25, 0.3) is 11.4 Å². The lowest BCUT2D eigenvalue weighted by Crippen LogP contribution is -2.47. The number of carboxylic acids is 1. The molecule has 0 bridgehead atoms. The smallest absolute Gasteiger partial charge is 0.448 e. The number of carbonyl (C=O) groups is 1. The number of benzene rings is 1. The summed E-state index contributed by atoms with van der Waals surface area (Å²) >= 11 is 6.10. The van der Waals surface area contributed by atoms with E-state index in [1.807, 2.05) is 0 Å². The third kappa shape index (κ3) is 5.65. The number of ether oxygens (including phenoxy) is 1. The average molecular weight is 596 g/mol. The van der Waals surface area contributed by atoms with E-state index >= 15 is 0 Å². The molecule has 39 heavy (non-hydrogen) atoms. The zero-order chi connectivity index (χ0) is 28.8. The highest BCUT2D eigenvalue weighted by atomic mass is 35.5. The first-order valence-electron chi connectivity index (χ1n) is 11.2. The summed E-state index contributed by atoms with van der Waals surface area (Å²) in [6.07, 6.45) is -3.08. The van der Waals surface area contributed by atoms with Gasteiger partial charge >= 0.3 is 26.9 Å². The van der Waals surface area contributed by atoms with Crippen LogP contribution in [0.1, 0.15) is 31.1 Å². The number of sulfonamides is 1. The number of alkyl halides is 3. The van der Waals surface area contributed by atoms with E-state index < -0.39 is 32.8 Å². The van der Waals surface area contributed by atoms with Gasteiger partial charge in [-0.25, -0.2) is 13.2 Å². The molecular weight excluding hydrogens is 575 g/mol. The number of aliphatic carboxylic acids is 1. The van der Waals surface area contributed by atoms with Gasteiger partial charge in [-0.1, -0.05) is 21.4 Å². The van der Waals surface area contributed by atoms with Crippen molar-refractivity contribution in [1.82, 2.24) is 19.7 Å². The Morgan fingerprint density at radius 1 is 1.33 bits per heavy atom. The zero-order valence-electron chi connectivity index (χ0n) is 20.3. The molecule has 18 heteroatoms. The molecule has 1 saturated heterocycles. The van der Waals surface area contributed by atoms with Crippen molar-refractivity contribution in [3.8, 4) is 17.1 Å². The predicted octanol–water partition coefficient (Wildman–Crippen LogP) is 0.761. The molecule has 1 unspecified atom stereocenters. The fourth-order valence-corrected chi connectivity index (χ4v) is 6.21. The first-order chi connectivity index (χ1) is 18.2. The van der Waals surface area contributed by atoms with E-state index in [4.69, 9.17) is 30.8 Å². The molecule has 2 fully saturated rings. The summed E-state index contributed by atoms with van der Waals surface area (Å²) in [5, 5.41) is 15.3. The highest BCUT2D eigenvalue weighted by molar-refractivity contribution is 7.88. The number of carbonyl (C=O) groups excluding carboxylic acids is 1. The molecule has 5 rings (SSSR count). The van der Waals surface area contributed by atoms with Crippen molar-refractivity contribution < 1.29 is 50.0 Å². The number of aromatic nitrogens is 4. The van der Waals surface area contributed by atoms with Crippen LogP contribution < -0.4 is 20.2 Å². The van der Waals surface area contributed by atoms with Gasteiger partial charge in [-0.3, -0.25) is 4.52 Å². The Labute approximate surface area is 223 Å². The maximum absolute atomic E-state index is 12.9. The first-order valence-corrected chi connectivity index (χ1v) is 13.0. The molecule has 13 nitrogen and oxygen atoms in total. The third-order valence-electron chi connectivity index (χ3n) is 6.62. The maximum atomic E-state index is 12.9. The van der Waals surface area contributed by atoms with Crippen LogP contribution in [-0.4, -0.2) is 60.5 Å². The molecule has 0 amide bonds. The number of aryl methyl sites for hydroxylation is 1. The number of carboxylic acid groups (broad SMARTS) is 1. The minimum Gasteiger partial charge on any atom is -0.542 e. The normalized spacial score (nSPS) is 18.9. The van der Waals surface area contributed by atoms with Crippen LogP contribution in [0.5, 0.6) is 5.75 Å². The van der Waals surface area contributed by atoms with Crippen LogP contribution in [0.4, 0.5) is 13.2 Å². The van der Waals surface area contributed by atoms with Crippen molar-refractivity contribution in [2.75, 3.05) is 20.2 Å². The van der Waals surface area contributed by atoms with Crippen LogP contribution in [0.15, 0.2) is 37.1 Å². The minimum absolute atomic E-state index is 0.0622. The average Bonchev–Trinajstić information content (AvgIpc) is 3.17. The van der Waals surface area contributed by atoms with E-state index in [1.165, 1.54) is 11.4 Å². The molecule has 2 aliphatic rings. The summed E-state index contributed by atoms with van der Waals surface area (Å²) in [7, 11) is -0.970. The van der Waals surface area contributed by atoms with Gasteiger partial charge in [0.15, 0.2) is 7.05 Å². The summed E-state index contributed by atoms with van der Waals surface area (Å²) in [6.45, 7) is 0.596. The summed E-state index contributed by atoms with van der Waals surface area (Å²) < 4.78 is 75.2. The van der Waals surface area contributed by atoms with Crippen LogP contribution in [0, 0.1) is 5.41 Å². The van der Waals surface area contributed by atoms with Crippen molar-refractivity contribution in [3.63, 3.8) is 0 Å². The summed E-state index contributed by atoms with van der Waals surface area (Å²) in [5.74, 6) is -1.43. The number of halogens is 4. The number of hydrogen-bond acceptors (Lipinski definition) is 10. The Hall–Kier alpha value is -3.44. The third-order valence-corrected chi connectivity index (χ3v) is 8.83. The Kier molecular flexibility index (Phi) is 7.52. The number of nitrogens with zero attached hydrogens (tertiary/aromatic N) is 4. The van der Waals surface area contributed by atoms with Crippen LogP contribution >= 0.6 is 11.6 Å². The van der Waals surface area contributed by atoms with Crippen LogP contribution in [0.3, 0.4) is 0 Å². The minimum atomic E-state index is -5.19. The van der Waals surface area contributed by atoms with Gasteiger partial charge < -0.3 is 19.2 Å². The zero-order valence-corrected chi connectivity index (χ0v) is 21.9. The van der Waals surface area contributed by atoms with Gasteiger partial charge in [0.25, 0.3) is 0 Å². The molecule has 1 N–H and O–H groups in total. The van der Waals surface area contributed by atoms with Gasteiger partial charge in [0.05, 0.1) is 12.7 Å². The van der Waals surface area contributed by atoms with Gasteiger partial charge in [-0.15, -0.1) is 0 Å². The Morgan fingerprint density at radius 2 is 1.97 bits per heavy atom.